The van der Waals surface area contributed by atoms with Crippen LogP contribution in [-0.4, -0.2) is 20.2 Å². The van der Waals surface area contributed by atoms with Crippen LogP contribution in [0, 0.1) is 11.3 Å². The molecule has 8 heteroatoms. The predicted molar refractivity (Wildman–Crippen MR) is 98.0 cm³/mol. The third kappa shape index (κ3) is 3.61. The molecule has 7 nitrogen and oxygen atoms in total. The van der Waals surface area contributed by atoms with Crippen LogP contribution >= 0.6 is 15.9 Å². The van der Waals surface area contributed by atoms with Crippen molar-refractivity contribution in [1.82, 2.24) is 20.2 Å². The fraction of sp³-hybridized carbons (Fsp3) is 0.176. The van der Waals surface area contributed by atoms with E-state index in [1.54, 1.807) is 18.3 Å². The monoisotopic (exact) mass is 395 g/mol. The van der Waals surface area contributed by atoms with Gasteiger partial charge in [0.15, 0.2) is 11.6 Å². The molecule has 3 aromatic rings. The number of H-pyrrole nitrogens is 1. The molecule has 0 saturated heterocycles. The zero-order valence-corrected chi connectivity index (χ0v) is 14.7. The van der Waals surface area contributed by atoms with Crippen molar-refractivity contribution in [3.05, 3.63) is 52.3 Å². The highest BCUT2D eigenvalue weighted by Gasteiger charge is 2.25. The molecular formula is C17H14BrN7. The summed E-state index contributed by atoms with van der Waals surface area (Å²) in [5.41, 5.74) is 2.48. The summed E-state index contributed by atoms with van der Waals surface area (Å²) in [6.45, 7) is 0. The van der Waals surface area contributed by atoms with Gasteiger partial charge in [0.25, 0.3) is 0 Å². The van der Waals surface area contributed by atoms with Crippen molar-refractivity contribution in [3.8, 4) is 6.07 Å². The van der Waals surface area contributed by atoms with Crippen molar-refractivity contribution in [2.75, 3.05) is 10.6 Å². The summed E-state index contributed by atoms with van der Waals surface area (Å²) in [5, 5.41) is 22.6. The van der Waals surface area contributed by atoms with Crippen molar-refractivity contribution in [3.63, 3.8) is 0 Å². The summed E-state index contributed by atoms with van der Waals surface area (Å²) in [4.78, 5) is 8.73. The normalized spacial score (nSPS) is 13.3. The van der Waals surface area contributed by atoms with E-state index >= 15 is 0 Å². The number of benzene rings is 1. The fourth-order valence-corrected chi connectivity index (χ4v) is 2.73. The van der Waals surface area contributed by atoms with Gasteiger partial charge in [-0.3, -0.25) is 5.10 Å². The SMILES string of the molecule is N#Cc1cccc(Nc2ncc(Br)c(Nc3cc(C4CC4)[nH]n3)n2)c1. The maximum atomic E-state index is 8.98. The molecule has 2 aromatic heterocycles. The van der Waals surface area contributed by atoms with E-state index in [1.165, 1.54) is 12.8 Å². The van der Waals surface area contributed by atoms with Crippen LogP contribution in [0.15, 0.2) is 41.0 Å². The minimum absolute atomic E-state index is 0.429. The first-order valence-electron chi connectivity index (χ1n) is 7.83. The largest absolute Gasteiger partial charge is 0.324 e. The van der Waals surface area contributed by atoms with E-state index in [-0.39, 0.29) is 0 Å². The number of rotatable bonds is 5. The van der Waals surface area contributed by atoms with Crippen molar-refractivity contribution < 1.29 is 0 Å². The summed E-state index contributed by atoms with van der Waals surface area (Å²) in [6, 6.07) is 11.3. The summed E-state index contributed by atoms with van der Waals surface area (Å²) < 4.78 is 0.736. The van der Waals surface area contributed by atoms with Crippen LogP contribution in [0.3, 0.4) is 0 Å². The van der Waals surface area contributed by atoms with Gasteiger partial charge in [0.05, 0.1) is 16.1 Å². The van der Waals surface area contributed by atoms with Crippen molar-refractivity contribution in [2.45, 2.75) is 18.8 Å². The number of aromatic nitrogens is 4. The van der Waals surface area contributed by atoms with Crippen LogP contribution in [-0.2, 0) is 0 Å². The molecule has 4 rings (SSSR count). The lowest BCUT2D eigenvalue weighted by atomic mass is 10.2. The smallest absolute Gasteiger partial charge is 0.229 e. The van der Waals surface area contributed by atoms with E-state index in [9.17, 15) is 0 Å². The maximum absolute atomic E-state index is 8.98. The van der Waals surface area contributed by atoms with Gasteiger partial charge in [0.2, 0.25) is 5.95 Å². The average Bonchev–Trinajstić information content (AvgIpc) is 3.38. The highest BCUT2D eigenvalue weighted by atomic mass is 79.9. The molecule has 1 aromatic carbocycles. The Morgan fingerprint density at radius 1 is 1.24 bits per heavy atom. The molecule has 0 bridgehead atoms. The van der Waals surface area contributed by atoms with E-state index in [2.05, 4.69) is 52.8 Å². The van der Waals surface area contributed by atoms with Gasteiger partial charge in [0, 0.05) is 29.6 Å². The lowest BCUT2D eigenvalue weighted by Crippen LogP contribution is -2.02. The summed E-state index contributed by atoms with van der Waals surface area (Å²) >= 11 is 3.45. The molecular weight excluding hydrogens is 382 g/mol. The van der Waals surface area contributed by atoms with Gasteiger partial charge >= 0.3 is 0 Å². The van der Waals surface area contributed by atoms with Gasteiger partial charge in [-0.2, -0.15) is 15.3 Å². The highest BCUT2D eigenvalue weighted by Crippen LogP contribution is 2.39. The van der Waals surface area contributed by atoms with E-state index < -0.39 is 0 Å². The topological polar surface area (TPSA) is 102 Å². The van der Waals surface area contributed by atoms with Gasteiger partial charge in [0.1, 0.15) is 0 Å². The van der Waals surface area contributed by atoms with Crippen molar-refractivity contribution in [1.29, 1.82) is 5.26 Å². The molecule has 0 aliphatic heterocycles. The Labute approximate surface area is 152 Å². The van der Waals surface area contributed by atoms with Crippen molar-refractivity contribution in [2.24, 2.45) is 0 Å². The quantitative estimate of drug-likeness (QED) is 0.598. The first-order chi connectivity index (χ1) is 12.2. The van der Waals surface area contributed by atoms with Crippen LogP contribution in [0.25, 0.3) is 0 Å². The second-order valence-electron chi connectivity index (χ2n) is 5.82. The Kier molecular flexibility index (Phi) is 4.07. The van der Waals surface area contributed by atoms with Crippen molar-refractivity contribution >= 4 is 39.2 Å². The van der Waals surface area contributed by atoms with Gasteiger partial charge in [-0.1, -0.05) is 6.07 Å². The van der Waals surface area contributed by atoms with E-state index in [4.69, 9.17) is 5.26 Å². The predicted octanol–water partition coefficient (Wildman–Crippen LogP) is 4.20. The molecule has 0 amide bonds. The Morgan fingerprint density at radius 2 is 2.12 bits per heavy atom. The lowest BCUT2D eigenvalue weighted by Gasteiger charge is -2.09. The van der Waals surface area contributed by atoms with E-state index in [1.807, 2.05) is 18.2 Å². The van der Waals surface area contributed by atoms with Gasteiger partial charge < -0.3 is 10.6 Å². The Hall–Kier alpha value is -2.92. The molecule has 1 fully saturated rings. The molecule has 0 unspecified atom stereocenters. The zero-order valence-electron chi connectivity index (χ0n) is 13.1. The average molecular weight is 396 g/mol. The first kappa shape index (κ1) is 15.6. The minimum Gasteiger partial charge on any atom is -0.324 e. The number of nitriles is 1. The van der Waals surface area contributed by atoms with Crippen LogP contribution in [0.1, 0.15) is 30.0 Å². The van der Waals surface area contributed by atoms with Crippen LogP contribution in [0.2, 0.25) is 0 Å². The Bertz CT molecular complexity index is 956. The molecule has 3 N–H and O–H groups in total. The second kappa shape index (κ2) is 6.53. The molecule has 0 spiro atoms. The first-order valence-corrected chi connectivity index (χ1v) is 8.62. The molecule has 2 heterocycles. The molecule has 0 radical (unpaired) electrons. The van der Waals surface area contributed by atoms with Gasteiger partial charge in [-0.05, 0) is 47.0 Å². The summed E-state index contributed by atoms with van der Waals surface area (Å²) in [7, 11) is 0. The Balaban J connectivity index is 1.54. The number of hydrogen-bond acceptors (Lipinski definition) is 6. The summed E-state index contributed by atoms with van der Waals surface area (Å²) in [5.74, 6) is 2.38. The third-order valence-corrected chi connectivity index (χ3v) is 4.43. The molecule has 0 atom stereocenters. The summed E-state index contributed by atoms with van der Waals surface area (Å²) in [6.07, 6.45) is 4.10. The fourth-order valence-electron chi connectivity index (χ4n) is 2.44. The van der Waals surface area contributed by atoms with E-state index in [0.29, 0.717) is 23.2 Å². The number of aromatic amines is 1. The standard InChI is InChI=1S/C17H14BrN7/c18-13-9-20-17(21-12-3-1-2-10(6-12)8-19)23-16(13)22-15-7-14(24-25-15)11-4-5-11/h1-3,6-7,9,11H,4-5H2,(H3,20,21,22,23,24,25). The molecule has 124 valence electrons. The number of anilines is 4. The Morgan fingerprint density at radius 3 is 2.92 bits per heavy atom. The third-order valence-electron chi connectivity index (χ3n) is 3.85. The molecule has 25 heavy (non-hydrogen) atoms. The minimum atomic E-state index is 0.429. The van der Waals surface area contributed by atoms with Crippen LogP contribution in [0.4, 0.5) is 23.3 Å². The molecule has 1 aliphatic carbocycles. The lowest BCUT2D eigenvalue weighted by molar-refractivity contribution is 0.966. The van der Waals surface area contributed by atoms with Crippen LogP contribution < -0.4 is 10.6 Å². The maximum Gasteiger partial charge on any atom is 0.229 e. The second-order valence-corrected chi connectivity index (χ2v) is 6.67. The zero-order chi connectivity index (χ0) is 17.2. The van der Waals surface area contributed by atoms with Crippen LogP contribution in [0.5, 0.6) is 0 Å². The van der Waals surface area contributed by atoms with Gasteiger partial charge in [-0.15, -0.1) is 0 Å². The van der Waals surface area contributed by atoms with Gasteiger partial charge in [-0.25, -0.2) is 4.98 Å². The number of hydrogen-bond donors (Lipinski definition) is 3. The van der Waals surface area contributed by atoms with E-state index in [0.717, 1.165) is 21.7 Å². The molecule has 1 saturated carbocycles. The molecule has 1 aliphatic rings. The number of nitrogens with one attached hydrogen (secondary N) is 3. The number of halogens is 1. The highest BCUT2D eigenvalue weighted by molar-refractivity contribution is 9.10. The number of nitrogens with zero attached hydrogens (tertiary/aromatic N) is 4.